The van der Waals surface area contributed by atoms with E-state index in [-0.39, 0.29) is 11.5 Å². The molecule has 3 aromatic carbocycles. The summed E-state index contributed by atoms with van der Waals surface area (Å²) in [6.45, 7) is 3.22. The van der Waals surface area contributed by atoms with Gasteiger partial charge in [0, 0.05) is 32.9 Å². The lowest BCUT2D eigenvalue weighted by molar-refractivity contribution is -0.132. The minimum Gasteiger partial charge on any atom is -0.478 e. The molecule has 3 rings (SSSR count). The van der Waals surface area contributed by atoms with Crippen LogP contribution in [0.15, 0.2) is 89.3 Å². The number of carbonyl (C=O) groups excluding carboxylic acids is 2. The van der Waals surface area contributed by atoms with Crippen LogP contribution < -0.4 is 10.6 Å². The van der Waals surface area contributed by atoms with Crippen molar-refractivity contribution in [1.29, 1.82) is 0 Å². The van der Waals surface area contributed by atoms with Crippen molar-refractivity contribution in [3.05, 3.63) is 101 Å². The monoisotopic (exact) mass is 494 g/mol. The van der Waals surface area contributed by atoms with Crippen molar-refractivity contribution in [2.75, 3.05) is 10.6 Å². The molecule has 1 atom stereocenters. The van der Waals surface area contributed by atoms with Crippen molar-refractivity contribution in [2.45, 2.75) is 24.0 Å². The summed E-state index contributed by atoms with van der Waals surface area (Å²) < 4.78 is 0. The van der Waals surface area contributed by atoms with Crippen LogP contribution in [0.25, 0.3) is 0 Å². The van der Waals surface area contributed by atoms with Crippen LogP contribution in [0.5, 0.6) is 0 Å². The van der Waals surface area contributed by atoms with E-state index in [1.165, 1.54) is 18.7 Å². The van der Waals surface area contributed by atoms with Crippen molar-refractivity contribution in [3.8, 4) is 0 Å². The molecule has 34 heavy (non-hydrogen) atoms. The van der Waals surface area contributed by atoms with E-state index in [0.717, 1.165) is 22.1 Å². The second-order valence-corrected chi connectivity index (χ2v) is 9.09. The van der Waals surface area contributed by atoms with E-state index in [2.05, 4.69) is 10.6 Å². The molecule has 3 aromatic rings. The first-order valence-electron chi connectivity index (χ1n) is 10.3. The van der Waals surface area contributed by atoms with Gasteiger partial charge in [0.05, 0.1) is 0 Å². The average molecular weight is 495 g/mol. The van der Waals surface area contributed by atoms with Gasteiger partial charge in [0.2, 0.25) is 11.8 Å². The Balaban J connectivity index is 1.76. The first kappa shape index (κ1) is 25.1. The molecule has 1 unspecified atom stereocenters. The highest BCUT2D eigenvalue weighted by Gasteiger charge is 2.22. The molecule has 0 aliphatic carbocycles. The fraction of sp³-hybridized carbons (Fsp3) is 0.115. The standard InChI is InChI=1S/C26H23ClN2O4S/c1-16-14-20(10-13-22(16)27)29-25(31)24(18-6-4-3-5-7-18)34-21-11-8-19(9-12-21)28-23(30)15-17(2)26(32)33/h3-15,24H,1-2H3,(H,28,30)(H,29,31)(H,32,33). The van der Waals surface area contributed by atoms with Gasteiger partial charge in [0.15, 0.2) is 0 Å². The van der Waals surface area contributed by atoms with E-state index in [4.69, 9.17) is 16.7 Å². The maximum absolute atomic E-state index is 13.2. The molecule has 0 fully saturated rings. The minimum atomic E-state index is -1.15. The molecule has 0 saturated heterocycles. The number of hydrogen-bond acceptors (Lipinski definition) is 4. The van der Waals surface area contributed by atoms with E-state index in [1.807, 2.05) is 43.3 Å². The molecule has 3 N–H and O–H groups in total. The average Bonchev–Trinajstić information content (AvgIpc) is 2.81. The highest BCUT2D eigenvalue weighted by molar-refractivity contribution is 8.00. The van der Waals surface area contributed by atoms with Crippen LogP contribution in [-0.4, -0.2) is 22.9 Å². The molecule has 0 radical (unpaired) electrons. The number of carboxylic acid groups (broad SMARTS) is 1. The van der Waals surface area contributed by atoms with Gasteiger partial charge in [-0.1, -0.05) is 41.9 Å². The van der Waals surface area contributed by atoms with Crippen LogP contribution in [-0.2, 0) is 14.4 Å². The van der Waals surface area contributed by atoms with E-state index in [0.29, 0.717) is 16.4 Å². The van der Waals surface area contributed by atoms with Crippen LogP contribution >= 0.6 is 23.4 Å². The molecule has 6 nitrogen and oxygen atoms in total. The van der Waals surface area contributed by atoms with Crippen molar-refractivity contribution < 1.29 is 19.5 Å². The lowest BCUT2D eigenvalue weighted by Gasteiger charge is -2.18. The van der Waals surface area contributed by atoms with Crippen LogP contribution in [0.3, 0.4) is 0 Å². The molecule has 0 bridgehead atoms. The van der Waals surface area contributed by atoms with Gasteiger partial charge in [0.1, 0.15) is 5.25 Å². The SMILES string of the molecule is CC(=CC(=O)Nc1ccc(SC(C(=O)Nc2ccc(Cl)c(C)c2)c2ccccc2)cc1)C(=O)O. The molecule has 174 valence electrons. The Morgan fingerprint density at radius 1 is 0.941 bits per heavy atom. The van der Waals surface area contributed by atoms with Gasteiger partial charge in [0.25, 0.3) is 0 Å². The zero-order valence-electron chi connectivity index (χ0n) is 18.5. The zero-order chi connectivity index (χ0) is 24.7. The first-order chi connectivity index (χ1) is 16.2. The summed E-state index contributed by atoms with van der Waals surface area (Å²) >= 11 is 7.47. The molecule has 0 aromatic heterocycles. The molecule has 2 amide bonds. The number of aliphatic carboxylic acids is 1. The number of carboxylic acids is 1. The van der Waals surface area contributed by atoms with E-state index in [1.54, 1.807) is 36.4 Å². The van der Waals surface area contributed by atoms with Gasteiger partial charge in [-0.25, -0.2) is 4.79 Å². The summed E-state index contributed by atoms with van der Waals surface area (Å²) in [6, 6.07) is 21.8. The highest BCUT2D eigenvalue weighted by atomic mass is 35.5. The normalized spacial score (nSPS) is 12.0. The van der Waals surface area contributed by atoms with Crippen LogP contribution in [0.1, 0.15) is 23.3 Å². The number of rotatable bonds is 8. The molecular weight excluding hydrogens is 472 g/mol. The molecule has 0 aliphatic heterocycles. The summed E-state index contributed by atoms with van der Waals surface area (Å²) in [7, 11) is 0. The third-order valence-corrected chi connectivity index (χ3v) is 6.52. The second kappa shape index (κ2) is 11.5. The third kappa shape index (κ3) is 6.97. The van der Waals surface area contributed by atoms with Crippen molar-refractivity contribution in [3.63, 3.8) is 0 Å². The predicted molar refractivity (Wildman–Crippen MR) is 136 cm³/mol. The maximum Gasteiger partial charge on any atom is 0.331 e. The zero-order valence-corrected chi connectivity index (χ0v) is 20.1. The summed E-state index contributed by atoms with van der Waals surface area (Å²) in [5.74, 6) is -1.86. The maximum atomic E-state index is 13.2. The molecule has 8 heteroatoms. The number of halogens is 1. The van der Waals surface area contributed by atoms with Crippen molar-refractivity contribution in [1.82, 2.24) is 0 Å². The highest BCUT2D eigenvalue weighted by Crippen LogP contribution is 2.37. The van der Waals surface area contributed by atoms with Crippen molar-refractivity contribution >= 4 is 52.5 Å². The topological polar surface area (TPSA) is 95.5 Å². The first-order valence-corrected chi connectivity index (χ1v) is 11.6. The van der Waals surface area contributed by atoms with E-state index in [9.17, 15) is 14.4 Å². The summed E-state index contributed by atoms with van der Waals surface area (Å²) in [5, 5.41) is 14.6. The number of benzene rings is 3. The third-order valence-electron chi connectivity index (χ3n) is 4.83. The Morgan fingerprint density at radius 2 is 1.59 bits per heavy atom. The number of amides is 2. The number of carbonyl (C=O) groups is 3. The van der Waals surface area contributed by atoms with Crippen LogP contribution in [0.2, 0.25) is 5.02 Å². The van der Waals surface area contributed by atoms with E-state index < -0.39 is 17.1 Å². The Morgan fingerprint density at radius 3 is 2.21 bits per heavy atom. The molecule has 0 heterocycles. The molecule has 0 saturated carbocycles. The fourth-order valence-electron chi connectivity index (χ4n) is 3.02. The Kier molecular flexibility index (Phi) is 8.51. The number of hydrogen-bond donors (Lipinski definition) is 3. The quantitative estimate of drug-likeness (QED) is 0.260. The van der Waals surface area contributed by atoms with Gasteiger partial charge >= 0.3 is 5.97 Å². The van der Waals surface area contributed by atoms with Gasteiger partial charge < -0.3 is 15.7 Å². The fourth-order valence-corrected chi connectivity index (χ4v) is 4.16. The number of anilines is 2. The lowest BCUT2D eigenvalue weighted by atomic mass is 10.1. The Bertz CT molecular complexity index is 1230. The lowest BCUT2D eigenvalue weighted by Crippen LogP contribution is -2.19. The number of nitrogens with one attached hydrogen (secondary N) is 2. The Labute approximate surface area is 207 Å². The van der Waals surface area contributed by atoms with Gasteiger partial charge in [-0.15, -0.1) is 11.8 Å². The Hall–Kier alpha value is -3.55. The number of thioether (sulfide) groups is 1. The summed E-state index contributed by atoms with van der Waals surface area (Å²) in [4.78, 5) is 36.9. The van der Waals surface area contributed by atoms with Gasteiger partial charge in [-0.3, -0.25) is 9.59 Å². The smallest absolute Gasteiger partial charge is 0.331 e. The van der Waals surface area contributed by atoms with Crippen molar-refractivity contribution in [2.24, 2.45) is 0 Å². The summed E-state index contributed by atoms with van der Waals surface area (Å²) in [5.41, 5.74) is 2.84. The van der Waals surface area contributed by atoms with Crippen LogP contribution in [0, 0.1) is 6.92 Å². The van der Waals surface area contributed by atoms with E-state index >= 15 is 0 Å². The predicted octanol–water partition coefficient (Wildman–Crippen LogP) is 6.09. The molecule has 0 aliphatic rings. The molecule has 0 spiro atoms. The van der Waals surface area contributed by atoms with Crippen LogP contribution in [0.4, 0.5) is 11.4 Å². The van der Waals surface area contributed by atoms with Gasteiger partial charge in [-0.2, -0.15) is 0 Å². The number of aryl methyl sites for hydroxylation is 1. The largest absolute Gasteiger partial charge is 0.478 e. The summed E-state index contributed by atoms with van der Waals surface area (Å²) in [6.07, 6.45) is 1.03. The minimum absolute atomic E-state index is 0.0581. The van der Waals surface area contributed by atoms with Gasteiger partial charge in [-0.05, 0) is 67.4 Å². The molecular formula is C26H23ClN2O4S. The second-order valence-electron chi connectivity index (χ2n) is 7.51.